The quantitative estimate of drug-likeness (QED) is 0.166. The second kappa shape index (κ2) is 10.7. The third-order valence-electron chi connectivity index (χ3n) is 3.66. The van der Waals surface area contributed by atoms with Crippen LogP contribution in [0.25, 0.3) is 6.08 Å². The van der Waals surface area contributed by atoms with E-state index in [-0.39, 0.29) is 18.1 Å². The zero-order chi connectivity index (χ0) is 22.1. The molecule has 0 saturated carbocycles. The Morgan fingerprint density at radius 3 is 2.65 bits per heavy atom. The molecule has 2 amide bonds. The third kappa shape index (κ3) is 6.82. The van der Waals surface area contributed by atoms with E-state index in [1.54, 1.807) is 36.4 Å². The number of hydrazone groups is 1. The van der Waals surface area contributed by atoms with Crippen molar-refractivity contribution in [1.29, 1.82) is 0 Å². The van der Waals surface area contributed by atoms with Crippen LogP contribution in [0.1, 0.15) is 21.9 Å². The van der Waals surface area contributed by atoms with Crippen molar-refractivity contribution in [1.82, 2.24) is 10.7 Å². The number of carbonyl (C=O) groups is 3. The summed E-state index contributed by atoms with van der Waals surface area (Å²) < 4.78 is 16.1. The lowest BCUT2D eigenvalue weighted by molar-refractivity contribution is -0.129. The highest BCUT2D eigenvalue weighted by atomic mass is 79.9. The van der Waals surface area contributed by atoms with Gasteiger partial charge in [-0.05, 0) is 48.5 Å². The van der Waals surface area contributed by atoms with Crippen molar-refractivity contribution in [3.8, 4) is 5.75 Å². The maximum atomic E-state index is 12.0. The Morgan fingerprint density at radius 2 is 1.90 bits per heavy atom. The molecule has 2 aromatic heterocycles. The number of halogens is 1. The van der Waals surface area contributed by atoms with Gasteiger partial charge in [0.05, 0.1) is 25.3 Å². The molecule has 0 bridgehead atoms. The number of furan rings is 2. The summed E-state index contributed by atoms with van der Waals surface area (Å²) in [5, 5.41) is 6.23. The highest BCUT2D eigenvalue weighted by Crippen LogP contribution is 2.22. The zero-order valence-corrected chi connectivity index (χ0v) is 17.5. The summed E-state index contributed by atoms with van der Waals surface area (Å²) >= 11 is 3.33. The molecule has 2 heterocycles. The minimum absolute atomic E-state index is 0.0954. The number of nitrogens with zero attached hydrogens (tertiary/aromatic N) is 1. The van der Waals surface area contributed by atoms with Crippen LogP contribution < -0.4 is 15.5 Å². The van der Waals surface area contributed by atoms with Crippen molar-refractivity contribution in [3.63, 3.8) is 0 Å². The van der Waals surface area contributed by atoms with E-state index in [0.29, 0.717) is 11.3 Å². The summed E-state index contributed by atoms with van der Waals surface area (Å²) in [6.07, 6.45) is 6.87. The molecule has 3 rings (SSSR count). The Labute approximate surface area is 184 Å². The van der Waals surface area contributed by atoms with Gasteiger partial charge in [-0.2, -0.15) is 5.10 Å². The molecule has 9 nitrogen and oxygen atoms in total. The van der Waals surface area contributed by atoms with Gasteiger partial charge in [-0.1, -0.05) is 15.9 Å². The second-order valence-electron chi connectivity index (χ2n) is 5.91. The summed E-state index contributed by atoms with van der Waals surface area (Å²) in [4.78, 5) is 35.6. The minimum Gasteiger partial charge on any atom is -0.465 e. The molecule has 0 radical (unpaired) electrons. The van der Waals surface area contributed by atoms with E-state index in [2.05, 4.69) is 31.8 Å². The molecule has 0 fully saturated rings. The number of hydrogen-bond donors (Lipinski definition) is 2. The van der Waals surface area contributed by atoms with Crippen LogP contribution in [-0.4, -0.2) is 30.5 Å². The maximum absolute atomic E-state index is 12.0. The average Bonchev–Trinajstić information content (AvgIpc) is 3.46. The smallest absolute Gasteiger partial charge is 0.336 e. The molecule has 0 aliphatic heterocycles. The molecule has 3 aromatic rings. The van der Waals surface area contributed by atoms with Crippen LogP contribution in [0.5, 0.6) is 5.75 Å². The fraction of sp³-hybridized carbons (Fsp3) is 0.0476. The van der Waals surface area contributed by atoms with Gasteiger partial charge in [-0.25, -0.2) is 10.2 Å². The number of ether oxygens (including phenoxy) is 1. The Morgan fingerprint density at radius 1 is 1.10 bits per heavy atom. The van der Waals surface area contributed by atoms with Gasteiger partial charge >= 0.3 is 5.97 Å². The number of amides is 2. The monoisotopic (exact) mass is 485 g/mol. The largest absolute Gasteiger partial charge is 0.465 e. The third-order valence-corrected chi connectivity index (χ3v) is 4.15. The fourth-order valence-electron chi connectivity index (χ4n) is 2.26. The lowest BCUT2D eigenvalue weighted by Gasteiger charge is -2.06. The molecule has 0 aliphatic carbocycles. The predicted octanol–water partition coefficient (Wildman–Crippen LogP) is 3.13. The van der Waals surface area contributed by atoms with Crippen molar-refractivity contribution < 1.29 is 28.0 Å². The molecule has 158 valence electrons. The molecule has 0 spiro atoms. The van der Waals surface area contributed by atoms with Crippen LogP contribution in [0.4, 0.5) is 0 Å². The molecule has 0 unspecified atom stereocenters. The number of hydrogen-bond acceptors (Lipinski definition) is 7. The lowest BCUT2D eigenvalue weighted by atomic mass is 10.2. The van der Waals surface area contributed by atoms with Gasteiger partial charge in [-0.3, -0.25) is 9.59 Å². The summed E-state index contributed by atoms with van der Waals surface area (Å²) in [6.45, 7) is -0.297. The summed E-state index contributed by atoms with van der Waals surface area (Å²) in [5.74, 6) is -0.840. The van der Waals surface area contributed by atoms with Gasteiger partial charge in [-0.15, -0.1) is 0 Å². The van der Waals surface area contributed by atoms with Crippen molar-refractivity contribution in [2.45, 2.75) is 0 Å². The molecule has 1 aromatic carbocycles. The molecule has 0 atom stereocenters. The highest BCUT2D eigenvalue weighted by Gasteiger charge is 2.10. The van der Waals surface area contributed by atoms with Crippen molar-refractivity contribution in [3.05, 3.63) is 82.6 Å². The van der Waals surface area contributed by atoms with Crippen molar-refractivity contribution >= 4 is 46.0 Å². The molecule has 31 heavy (non-hydrogen) atoms. The highest BCUT2D eigenvalue weighted by molar-refractivity contribution is 9.10. The number of nitrogens with one attached hydrogen (secondary N) is 2. The first-order valence-electron chi connectivity index (χ1n) is 8.88. The van der Waals surface area contributed by atoms with Gasteiger partial charge < -0.3 is 18.9 Å². The van der Waals surface area contributed by atoms with Crippen LogP contribution in [0.3, 0.4) is 0 Å². The van der Waals surface area contributed by atoms with E-state index in [0.717, 1.165) is 4.47 Å². The summed E-state index contributed by atoms with van der Waals surface area (Å²) in [6, 6.07) is 11.4. The minimum atomic E-state index is -0.613. The van der Waals surface area contributed by atoms with Crippen molar-refractivity contribution in [2.75, 3.05) is 6.54 Å². The molecule has 0 saturated heterocycles. The van der Waals surface area contributed by atoms with E-state index in [9.17, 15) is 14.4 Å². The average molecular weight is 486 g/mol. The predicted molar refractivity (Wildman–Crippen MR) is 114 cm³/mol. The van der Waals surface area contributed by atoms with Gasteiger partial charge in [0.2, 0.25) is 0 Å². The van der Waals surface area contributed by atoms with Crippen LogP contribution in [0.2, 0.25) is 0 Å². The first-order chi connectivity index (χ1) is 15.0. The van der Waals surface area contributed by atoms with Gasteiger partial charge in [0, 0.05) is 16.1 Å². The SMILES string of the molecule is O=C(CNC(=O)c1ccco1)N/N=C\c1cc(Br)ccc1OC(=O)/C=C/c1ccco1. The van der Waals surface area contributed by atoms with Crippen molar-refractivity contribution in [2.24, 2.45) is 5.10 Å². The molecule has 10 heteroatoms. The van der Waals surface area contributed by atoms with E-state index < -0.39 is 17.8 Å². The molecular formula is C21H16BrN3O6. The van der Waals surface area contributed by atoms with E-state index in [1.807, 2.05) is 0 Å². The van der Waals surface area contributed by atoms with Crippen LogP contribution in [0, 0.1) is 0 Å². The van der Waals surface area contributed by atoms with Gasteiger partial charge in [0.15, 0.2) is 5.76 Å². The van der Waals surface area contributed by atoms with Crippen LogP contribution in [-0.2, 0) is 9.59 Å². The molecule has 0 aliphatic rings. The Balaban J connectivity index is 1.55. The Hall–Kier alpha value is -3.92. The maximum Gasteiger partial charge on any atom is 0.336 e. The number of rotatable bonds is 8. The Kier molecular flexibility index (Phi) is 7.55. The van der Waals surface area contributed by atoms with Crippen LogP contribution in [0.15, 0.2) is 79.5 Å². The normalized spacial score (nSPS) is 11.0. The van der Waals surface area contributed by atoms with E-state index in [4.69, 9.17) is 13.6 Å². The molecule has 2 N–H and O–H groups in total. The van der Waals surface area contributed by atoms with E-state index >= 15 is 0 Å². The van der Waals surface area contributed by atoms with Gasteiger partial charge in [0.25, 0.3) is 11.8 Å². The number of benzene rings is 1. The molecular weight excluding hydrogens is 470 g/mol. The number of esters is 1. The van der Waals surface area contributed by atoms with E-state index in [1.165, 1.54) is 37.0 Å². The first kappa shape index (κ1) is 21.8. The standard InChI is InChI=1S/C21H16BrN3O6/c22-15-5-7-17(31-20(27)8-6-16-3-1-9-29-16)14(11-15)12-24-25-19(26)13-23-21(28)18-4-2-10-30-18/h1-12H,13H2,(H,23,28)(H,25,26)/b8-6+,24-12-. The topological polar surface area (TPSA) is 123 Å². The lowest BCUT2D eigenvalue weighted by Crippen LogP contribution is -2.34. The second-order valence-corrected chi connectivity index (χ2v) is 6.82. The van der Waals surface area contributed by atoms with Crippen LogP contribution >= 0.6 is 15.9 Å². The first-order valence-corrected chi connectivity index (χ1v) is 9.67. The number of carbonyl (C=O) groups excluding carboxylic acids is 3. The fourth-order valence-corrected chi connectivity index (χ4v) is 2.64. The van der Waals surface area contributed by atoms with Gasteiger partial charge in [0.1, 0.15) is 11.5 Å². The summed E-state index contributed by atoms with van der Waals surface area (Å²) in [7, 11) is 0. The summed E-state index contributed by atoms with van der Waals surface area (Å²) in [5.41, 5.74) is 2.72. The Bertz CT molecular complexity index is 1100. The zero-order valence-electron chi connectivity index (χ0n) is 15.9.